The highest BCUT2D eigenvalue weighted by Crippen LogP contribution is 2.21. The van der Waals surface area contributed by atoms with E-state index >= 15 is 0 Å². The number of pyridine rings is 1. The summed E-state index contributed by atoms with van der Waals surface area (Å²) < 4.78 is 11.2. The van der Waals surface area contributed by atoms with Crippen LogP contribution in [0.4, 0.5) is 0 Å². The van der Waals surface area contributed by atoms with E-state index in [-0.39, 0.29) is 12.2 Å². The van der Waals surface area contributed by atoms with Crippen LogP contribution < -0.4 is 10.5 Å². The molecule has 16 heavy (non-hydrogen) atoms. The zero-order valence-corrected chi connectivity index (χ0v) is 9.69. The van der Waals surface area contributed by atoms with Crippen molar-refractivity contribution in [3.8, 4) is 5.75 Å². The van der Waals surface area contributed by atoms with Crippen molar-refractivity contribution >= 4 is 11.6 Å². The van der Waals surface area contributed by atoms with E-state index < -0.39 is 0 Å². The third-order valence-electron chi connectivity index (χ3n) is 2.57. The Kier molecular flexibility index (Phi) is 3.98. The summed E-state index contributed by atoms with van der Waals surface area (Å²) >= 11 is 5.80. The fourth-order valence-electron chi connectivity index (χ4n) is 1.74. The fraction of sp³-hybridized carbons (Fsp3) is 0.545. The van der Waals surface area contributed by atoms with Crippen LogP contribution in [0.25, 0.3) is 0 Å². The molecule has 2 N–H and O–H groups in total. The molecule has 2 heterocycles. The molecule has 2 unspecified atom stereocenters. The number of nitrogens with zero attached hydrogens (tertiary/aromatic N) is 1. The molecule has 1 saturated heterocycles. The van der Waals surface area contributed by atoms with Gasteiger partial charge in [0.05, 0.1) is 23.4 Å². The average molecular weight is 243 g/mol. The Morgan fingerprint density at radius 2 is 2.25 bits per heavy atom. The Morgan fingerprint density at radius 1 is 1.44 bits per heavy atom. The second-order valence-corrected chi connectivity index (χ2v) is 4.28. The summed E-state index contributed by atoms with van der Waals surface area (Å²) in [7, 11) is 0. The molecule has 0 radical (unpaired) electrons. The lowest BCUT2D eigenvalue weighted by Crippen LogP contribution is -2.23. The van der Waals surface area contributed by atoms with E-state index in [0.717, 1.165) is 12.8 Å². The van der Waals surface area contributed by atoms with Gasteiger partial charge in [-0.1, -0.05) is 11.6 Å². The fourth-order valence-corrected chi connectivity index (χ4v) is 1.90. The molecule has 1 fully saturated rings. The van der Waals surface area contributed by atoms with Crippen molar-refractivity contribution in [1.29, 1.82) is 0 Å². The highest BCUT2D eigenvalue weighted by molar-refractivity contribution is 6.30. The highest BCUT2D eigenvalue weighted by atomic mass is 35.5. The van der Waals surface area contributed by atoms with E-state index in [0.29, 0.717) is 23.9 Å². The van der Waals surface area contributed by atoms with Gasteiger partial charge >= 0.3 is 0 Å². The first-order chi connectivity index (χ1) is 7.78. The predicted octanol–water partition coefficient (Wildman–Crippen LogP) is 1.62. The van der Waals surface area contributed by atoms with Crippen molar-refractivity contribution < 1.29 is 9.47 Å². The van der Waals surface area contributed by atoms with Crippen LogP contribution in [-0.4, -0.2) is 30.3 Å². The zero-order valence-electron chi connectivity index (χ0n) is 8.93. The van der Waals surface area contributed by atoms with Gasteiger partial charge in [0.2, 0.25) is 0 Å². The lowest BCUT2D eigenvalue weighted by Gasteiger charge is -2.13. The minimum atomic E-state index is 0.132. The van der Waals surface area contributed by atoms with E-state index in [1.54, 1.807) is 18.5 Å². The molecule has 0 spiro atoms. The van der Waals surface area contributed by atoms with Crippen molar-refractivity contribution in [2.45, 2.75) is 25.0 Å². The number of hydrogen-bond donors (Lipinski definition) is 1. The molecule has 1 aromatic heterocycles. The highest BCUT2D eigenvalue weighted by Gasteiger charge is 2.24. The normalized spacial score (nSPS) is 24.6. The Labute approximate surface area is 99.7 Å². The van der Waals surface area contributed by atoms with Gasteiger partial charge in [-0.25, -0.2) is 0 Å². The van der Waals surface area contributed by atoms with Crippen LogP contribution in [0.2, 0.25) is 5.02 Å². The van der Waals surface area contributed by atoms with Gasteiger partial charge in [-0.2, -0.15) is 0 Å². The standard InChI is InChI=1S/C11H15ClN2O2/c12-8-3-11(6-14-5-8)15-7-10-2-1-9(4-13)16-10/h3,5-6,9-10H,1-2,4,7,13H2. The summed E-state index contributed by atoms with van der Waals surface area (Å²) in [5.74, 6) is 0.673. The lowest BCUT2D eigenvalue weighted by atomic mass is 10.2. The molecule has 0 amide bonds. The molecular formula is C11H15ClN2O2. The third kappa shape index (κ3) is 3.07. The number of nitrogens with two attached hydrogens (primary N) is 1. The van der Waals surface area contributed by atoms with E-state index in [2.05, 4.69) is 4.98 Å². The van der Waals surface area contributed by atoms with Gasteiger partial charge in [-0.3, -0.25) is 4.98 Å². The smallest absolute Gasteiger partial charge is 0.139 e. The second-order valence-electron chi connectivity index (χ2n) is 3.84. The van der Waals surface area contributed by atoms with Gasteiger partial charge in [-0.15, -0.1) is 0 Å². The van der Waals surface area contributed by atoms with Gasteiger partial charge in [0.1, 0.15) is 12.4 Å². The molecule has 4 nitrogen and oxygen atoms in total. The lowest BCUT2D eigenvalue weighted by molar-refractivity contribution is 0.0221. The minimum Gasteiger partial charge on any atom is -0.489 e. The monoisotopic (exact) mass is 242 g/mol. The maximum atomic E-state index is 5.80. The summed E-state index contributed by atoms with van der Waals surface area (Å²) in [6.45, 7) is 1.10. The maximum absolute atomic E-state index is 5.80. The quantitative estimate of drug-likeness (QED) is 0.872. The van der Waals surface area contributed by atoms with Gasteiger partial charge in [-0.05, 0) is 12.8 Å². The number of hydrogen-bond acceptors (Lipinski definition) is 4. The predicted molar refractivity (Wildman–Crippen MR) is 61.7 cm³/mol. The van der Waals surface area contributed by atoms with Crippen molar-refractivity contribution in [2.24, 2.45) is 5.73 Å². The van der Waals surface area contributed by atoms with Crippen LogP contribution >= 0.6 is 11.6 Å². The molecule has 2 rings (SSSR count). The Morgan fingerprint density at radius 3 is 2.94 bits per heavy atom. The van der Waals surface area contributed by atoms with Crippen molar-refractivity contribution in [3.63, 3.8) is 0 Å². The van der Waals surface area contributed by atoms with E-state index in [9.17, 15) is 0 Å². The molecule has 88 valence electrons. The summed E-state index contributed by atoms with van der Waals surface area (Å²) in [6.07, 6.45) is 5.54. The Balaban J connectivity index is 1.80. The van der Waals surface area contributed by atoms with E-state index in [1.165, 1.54) is 0 Å². The van der Waals surface area contributed by atoms with Crippen LogP contribution in [0.3, 0.4) is 0 Å². The van der Waals surface area contributed by atoms with Crippen LogP contribution in [0.15, 0.2) is 18.5 Å². The van der Waals surface area contributed by atoms with Crippen molar-refractivity contribution in [2.75, 3.05) is 13.2 Å². The first-order valence-corrected chi connectivity index (χ1v) is 5.74. The third-order valence-corrected chi connectivity index (χ3v) is 2.78. The number of aromatic nitrogens is 1. The SMILES string of the molecule is NCC1CCC(COc2cncc(Cl)c2)O1. The van der Waals surface area contributed by atoms with Crippen LogP contribution in [0.5, 0.6) is 5.75 Å². The maximum Gasteiger partial charge on any atom is 0.139 e. The molecule has 1 aromatic rings. The summed E-state index contributed by atoms with van der Waals surface area (Å²) in [4.78, 5) is 3.94. The Bertz CT molecular complexity index is 349. The summed E-state index contributed by atoms with van der Waals surface area (Å²) in [6, 6.07) is 1.74. The molecule has 5 heteroatoms. The van der Waals surface area contributed by atoms with E-state index in [4.69, 9.17) is 26.8 Å². The van der Waals surface area contributed by atoms with Gasteiger partial charge in [0, 0.05) is 18.8 Å². The van der Waals surface area contributed by atoms with Crippen molar-refractivity contribution in [3.05, 3.63) is 23.5 Å². The molecular weight excluding hydrogens is 228 g/mol. The molecule has 1 aliphatic heterocycles. The summed E-state index contributed by atoms with van der Waals surface area (Å²) in [5.41, 5.74) is 5.53. The average Bonchev–Trinajstić information content (AvgIpc) is 2.74. The van der Waals surface area contributed by atoms with Crippen LogP contribution in [0.1, 0.15) is 12.8 Å². The van der Waals surface area contributed by atoms with Gasteiger partial charge < -0.3 is 15.2 Å². The Hall–Kier alpha value is -0.840. The van der Waals surface area contributed by atoms with E-state index in [1.807, 2.05) is 0 Å². The number of rotatable bonds is 4. The topological polar surface area (TPSA) is 57.4 Å². The minimum absolute atomic E-state index is 0.132. The van der Waals surface area contributed by atoms with Gasteiger partial charge in [0.25, 0.3) is 0 Å². The molecule has 0 bridgehead atoms. The molecule has 0 aromatic carbocycles. The molecule has 2 atom stereocenters. The first kappa shape index (κ1) is 11.6. The second kappa shape index (κ2) is 5.48. The van der Waals surface area contributed by atoms with Crippen molar-refractivity contribution in [1.82, 2.24) is 4.98 Å². The zero-order chi connectivity index (χ0) is 11.4. The number of halogens is 1. The molecule has 0 saturated carbocycles. The van der Waals surface area contributed by atoms with Crippen LogP contribution in [-0.2, 0) is 4.74 Å². The number of ether oxygens (including phenoxy) is 2. The molecule has 1 aliphatic rings. The largest absolute Gasteiger partial charge is 0.489 e. The first-order valence-electron chi connectivity index (χ1n) is 5.37. The molecule has 0 aliphatic carbocycles. The van der Waals surface area contributed by atoms with Crippen LogP contribution in [0, 0.1) is 0 Å². The summed E-state index contributed by atoms with van der Waals surface area (Å²) in [5, 5.41) is 0.574. The van der Waals surface area contributed by atoms with Gasteiger partial charge in [0.15, 0.2) is 0 Å².